The minimum atomic E-state index is 0.100. The zero-order chi connectivity index (χ0) is 15.6. The smallest absolute Gasteiger partial charge is 0.253 e. The average molecular weight is 307 g/mol. The maximum Gasteiger partial charge on any atom is 0.253 e. The molecule has 1 saturated heterocycles. The van der Waals surface area contributed by atoms with Crippen LogP contribution in [-0.4, -0.2) is 51.6 Å². The van der Waals surface area contributed by atoms with Crippen molar-refractivity contribution >= 4 is 17.4 Å². The van der Waals surface area contributed by atoms with E-state index in [0.717, 1.165) is 30.1 Å². The van der Waals surface area contributed by atoms with Crippen LogP contribution in [0.4, 0.5) is 5.82 Å². The molecule has 23 heavy (non-hydrogen) atoms. The number of hydrogen-bond acceptors (Lipinski definition) is 4. The number of nitrogens with zero attached hydrogens (tertiary/aromatic N) is 5. The van der Waals surface area contributed by atoms with E-state index in [1.165, 1.54) is 0 Å². The maximum atomic E-state index is 12.5. The quantitative estimate of drug-likeness (QED) is 0.723. The van der Waals surface area contributed by atoms with Crippen molar-refractivity contribution in [2.24, 2.45) is 0 Å². The number of benzene rings is 1. The Kier molecular flexibility index (Phi) is 3.42. The van der Waals surface area contributed by atoms with Gasteiger partial charge in [0.25, 0.3) is 5.91 Å². The predicted octanol–water partition coefficient (Wildman–Crippen LogP) is 1.69. The van der Waals surface area contributed by atoms with Crippen molar-refractivity contribution in [1.82, 2.24) is 19.5 Å². The van der Waals surface area contributed by atoms with Crippen LogP contribution in [0.15, 0.2) is 54.9 Å². The first kappa shape index (κ1) is 13.8. The van der Waals surface area contributed by atoms with Crippen molar-refractivity contribution in [3.63, 3.8) is 0 Å². The Morgan fingerprint density at radius 2 is 1.74 bits per heavy atom. The summed E-state index contributed by atoms with van der Waals surface area (Å²) in [5.74, 6) is 1.02. The van der Waals surface area contributed by atoms with Crippen LogP contribution in [0, 0.1) is 0 Å². The molecule has 0 N–H and O–H groups in total. The van der Waals surface area contributed by atoms with E-state index >= 15 is 0 Å². The molecule has 0 unspecified atom stereocenters. The lowest BCUT2D eigenvalue weighted by molar-refractivity contribution is 0.0746. The third kappa shape index (κ3) is 2.63. The number of piperazine rings is 1. The molecule has 4 rings (SSSR count). The first-order chi connectivity index (χ1) is 11.3. The van der Waals surface area contributed by atoms with Crippen molar-refractivity contribution in [2.75, 3.05) is 31.1 Å². The molecule has 1 aromatic carbocycles. The van der Waals surface area contributed by atoms with Crippen LogP contribution >= 0.6 is 0 Å². The van der Waals surface area contributed by atoms with Gasteiger partial charge >= 0.3 is 0 Å². The largest absolute Gasteiger partial charge is 0.352 e. The Balaban J connectivity index is 1.45. The van der Waals surface area contributed by atoms with Crippen LogP contribution in [0.3, 0.4) is 0 Å². The van der Waals surface area contributed by atoms with E-state index < -0.39 is 0 Å². The van der Waals surface area contributed by atoms with Crippen LogP contribution in [0.5, 0.6) is 0 Å². The summed E-state index contributed by atoms with van der Waals surface area (Å²) < 4.78 is 1.77. The third-order valence-electron chi connectivity index (χ3n) is 4.15. The molecule has 1 fully saturated rings. The minimum absolute atomic E-state index is 0.100. The van der Waals surface area contributed by atoms with Crippen molar-refractivity contribution in [3.05, 3.63) is 60.4 Å². The minimum Gasteiger partial charge on any atom is -0.352 e. The second-order valence-electron chi connectivity index (χ2n) is 5.57. The zero-order valence-corrected chi connectivity index (χ0v) is 12.7. The highest BCUT2D eigenvalue weighted by atomic mass is 16.2. The fourth-order valence-corrected chi connectivity index (χ4v) is 2.88. The third-order valence-corrected chi connectivity index (χ3v) is 4.15. The summed E-state index contributed by atoms with van der Waals surface area (Å²) in [6.07, 6.45) is 3.58. The summed E-state index contributed by atoms with van der Waals surface area (Å²) in [5, 5.41) is 4.56. The predicted molar refractivity (Wildman–Crippen MR) is 87.5 cm³/mol. The molecular weight excluding hydrogens is 290 g/mol. The normalized spacial score (nSPS) is 15.1. The number of aromatic nitrogens is 3. The highest BCUT2D eigenvalue weighted by Gasteiger charge is 2.22. The van der Waals surface area contributed by atoms with Gasteiger partial charge in [-0.1, -0.05) is 18.2 Å². The van der Waals surface area contributed by atoms with E-state index in [4.69, 9.17) is 0 Å². The molecule has 1 aliphatic rings. The summed E-state index contributed by atoms with van der Waals surface area (Å²) >= 11 is 0. The molecule has 1 aliphatic heterocycles. The SMILES string of the molecule is O=C(c1ccccc1)N1CCN(c2ccc3nccn3n2)CC1. The number of hydrogen-bond donors (Lipinski definition) is 0. The Morgan fingerprint density at radius 3 is 2.52 bits per heavy atom. The first-order valence-corrected chi connectivity index (χ1v) is 7.71. The molecule has 6 nitrogen and oxygen atoms in total. The van der Waals surface area contributed by atoms with Gasteiger partial charge in [0.1, 0.15) is 5.82 Å². The number of anilines is 1. The van der Waals surface area contributed by atoms with Crippen molar-refractivity contribution in [3.8, 4) is 0 Å². The molecule has 6 heteroatoms. The molecule has 1 amide bonds. The lowest BCUT2D eigenvalue weighted by Crippen LogP contribution is -2.49. The van der Waals surface area contributed by atoms with Gasteiger partial charge in [-0.15, -0.1) is 5.10 Å². The number of imidazole rings is 1. The van der Waals surface area contributed by atoms with Gasteiger partial charge in [0.15, 0.2) is 5.65 Å². The van der Waals surface area contributed by atoms with Crippen LogP contribution in [0.1, 0.15) is 10.4 Å². The van der Waals surface area contributed by atoms with Crippen LogP contribution < -0.4 is 4.90 Å². The molecule has 0 bridgehead atoms. The number of carbonyl (C=O) groups excluding carboxylic acids is 1. The monoisotopic (exact) mass is 307 g/mol. The number of fused-ring (bicyclic) bond motifs is 1. The van der Waals surface area contributed by atoms with Crippen LogP contribution in [0.2, 0.25) is 0 Å². The number of carbonyl (C=O) groups is 1. The van der Waals surface area contributed by atoms with Crippen molar-refractivity contribution in [2.45, 2.75) is 0 Å². The van der Waals surface area contributed by atoms with Gasteiger partial charge in [0.05, 0.1) is 0 Å². The van der Waals surface area contributed by atoms with E-state index in [1.54, 1.807) is 10.7 Å². The lowest BCUT2D eigenvalue weighted by Gasteiger charge is -2.35. The van der Waals surface area contributed by atoms with Crippen LogP contribution in [0.25, 0.3) is 5.65 Å². The summed E-state index contributed by atoms with van der Waals surface area (Å²) in [5.41, 5.74) is 1.59. The van der Waals surface area contributed by atoms with Gasteiger partial charge in [0.2, 0.25) is 0 Å². The molecule has 3 heterocycles. The van der Waals surface area contributed by atoms with E-state index in [-0.39, 0.29) is 5.91 Å². The first-order valence-electron chi connectivity index (χ1n) is 7.71. The molecule has 0 spiro atoms. The molecule has 0 aliphatic carbocycles. The zero-order valence-electron chi connectivity index (χ0n) is 12.7. The number of amides is 1. The van der Waals surface area contributed by atoms with Crippen molar-refractivity contribution in [1.29, 1.82) is 0 Å². The number of rotatable bonds is 2. The molecule has 116 valence electrons. The standard InChI is InChI=1S/C17H17N5O/c23-17(14-4-2-1-3-5-14)21-12-10-20(11-13-21)16-7-6-15-18-8-9-22(15)19-16/h1-9H,10-13H2. The molecule has 0 atom stereocenters. The summed E-state index contributed by atoms with van der Waals surface area (Å²) in [7, 11) is 0. The van der Waals surface area contributed by atoms with Gasteiger partial charge in [-0.3, -0.25) is 4.79 Å². The fraction of sp³-hybridized carbons (Fsp3) is 0.235. The average Bonchev–Trinajstić information content (AvgIpc) is 3.10. The Morgan fingerprint density at radius 1 is 0.957 bits per heavy atom. The molecule has 3 aromatic rings. The topological polar surface area (TPSA) is 53.7 Å². The molecular formula is C17H17N5O. The second kappa shape index (κ2) is 5.72. The summed E-state index contributed by atoms with van der Waals surface area (Å²) in [6.45, 7) is 2.98. The van der Waals surface area contributed by atoms with E-state index in [9.17, 15) is 4.79 Å². The maximum absolute atomic E-state index is 12.5. The van der Waals surface area contributed by atoms with E-state index in [1.807, 2.05) is 53.6 Å². The van der Waals surface area contributed by atoms with Crippen LogP contribution in [-0.2, 0) is 0 Å². The van der Waals surface area contributed by atoms with Gasteiger partial charge in [-0.05, 0) is 24.3 Å². The van der Waals surface area contributed by atoms with Gasteiger partial charge in [-0.2, -0.15) is 0 Å². The van der Waals surface area contributed by atoms with Gasteiger partial charge < -0.3 is 9.80 Å². The van der Waals surface area contributed by atoms with Crippen molar-refractivity contribution < 1.29 is 4.79 Å². The lowest BCUT2D eigenvalue weighted by atomic mass is 10.2. The van der Waals surface area contributed by atoms with Gasteiger partial charge in [-0.25, -0.2) is 9.50 Å². The highest BCUT2D eigenvalue weighted by molar-refractivity contribution is 5.94. The Labute approximate surface area is 134 Å². The fourth-order valence-electron chi connectivity index (χ4n) is 2.88. The highest BCUT2D eigenvalue weighted by Crippen LogP contribution is 2.15. The van der Waals surface area contributed by atoms with Gasteiger partial charge in [0, 0.05) is 44.1 Å². The summed E-state index contributed by atoms with van der Waals surface area (Å²) in [4.78, 5) is 20.8. The molecule has 2 aromatic heterocycles. The Hall–Kier alpha value is -2.89. The molecule has 0 saturated carbocycles. The second-order valence-corrected chi connectivity index (χ2v) is 5.57. The van der Waals surface area contributed by atoms with E-state index in [2.05, 4.69) is 15.0 Å². The van der Waals surface area contributed by atoms with E-state index in [0.29, 0.717) is 13.1 Å². The molecule has 0 radical (unpaired) electrons. The Bertz CT molecular complexity index is 821. The summed E-state index contributed by atoms with van der Waals surface area (Å²) in [6, 6.07) is 13.4.